The van der Waals surface area contributed by atoms with Crippen molar-refractivity contribution >= 4 is 30.8 Å². The van der Waals surface area contributed by atoms with Gasteiger partial charge in [-0.15, -0.1) is 0 Å². The molecule has 0 bridgehead atoms. The van der Waals surface area contributed by atoms with Crippen molar-refractivity contribution in [3.8, 4) is 0 Å². The van der Waals surface area contributed by atoms with Gasteiger partial charge >= 0.3 is 7.82 Å². The zero-order chi connectivity index (χ0) is 19.8. The second-order valence-electron chi connectivity index (χ2n) is 6.46. The van der Waals surface area contributed by atoms with E-state index in [0.29, 0.717) is 12.8 Å². The number of phosphoric acid groups is 1. The van der Waals surface area contributed by atoms with Gasteiger partial charge in [0, 0.05) is 5.92 Å². The van der Waals surface area contributed by atoms with E-state index in [4.69, 9.17) is 14.5 Å². The van der Waals surface area contributed by atoms with E-state index in [1.807, 2.05) is 0 Å². The first-order chi connectivity index (χ1) is 12.6. The molecule has 3 rings (SSSR count). The molecule has 27 heavy (non-hydrogen) atoms. The molecule has 0 radical (unpaired) electrons. The van der Waals surface area contributed by atoms with Crippen LogP contribution in [0.15, 0.2) is 11.1 Å². The van der Waals surface area contributed by atoms with Crippen molar-refractivity contribution in [2.24, 2.45) is 5.92 Å². The van der Waals surface area contributed by atoms with Crippen LogP contribution >= 0.6 is 7.82 Å². The third-order valence-electron chi connectivity index (χ3n) is 4.02. The molecule has 148 valence electrons. The summed E-state index contributed by atoms with van der Waals surface area (Å²) in [6.45, 7) is 3.17. The molecule has 0 spiro atoms. The van der Waals surface area contributed by atoms with Gasteiger partial charge in [-0.2, -0.15) is 4.98 Å². The number of fused-ring (bicyclic) bond motifs is 1. The van der Waals surface area contributed by atoms with Crippen molar-refractivity contribution in [3.05, 3.63) is 16.7 Å². The lowest BCUT2D eigenvalue weighted by atomic mass is 10.2. The molecule has 13 heteroatoms. The monoisotopic (exact) mass is 401 g/mol. The van der Waals surface area contributed by atoms with Crippen molar-refractivity contribution in [1.29, 1.82) is 0 Å². The Hall–Kier alpha value is -2.11. The molecule has 3 heterocycles. The van der Waals surface area contributed by atoms with Crippen molar-refractivity contribution in [3.63, 3.8) is 0 Å². The van der Waals surface area contributed by atoms with Crippen LogP contribution in [0.1, 0.15) is 32.9 Å². The third kappa shape index (κ3) is 4.60. The summed E-state index contributed by atoms with van der Waals surface area (Å²) in [6, 6.07) is 0. The number of phosphoric ester groups is 1. The lowest BCUT2D eigenvalue weighted by Gasteiger charge is -2.15. The van der Waals surface area contributed by atoms with Crippen LogP contribution < -0.4 is 10.9 Å². The van der Waals surface area contributed by atoms with Crippen LogP contribution in [-0.4, -0.2) is 47.9 Å². The maximum Gasteiger partial charge on any atom is 0.469 e. The largest absolute Gasteiger partial charge is 0.469 e. The quantitative estimate of drug-likeness (QED) is 0.504. The Morgan fingerprint density at radius 2 is 2.26 bits per heavy atom. The molecule has 0 saturated carbocycles. The highest BCUT2D eigenvalue weighted by atomic mass is 31.2. The number of carbonyl (C=O) groups excluding carboxylic acids is 1. The lowest BCUT2D eigenvalue weighted by molar-refractivity contribution is -0.118. The number of H-pyrrole nitrogens is 1. The fourth-order valence-corrected chi connectivity index (χ4v) is 3.01. The number of rotatable bonds is 6. The van der Waals surface area contributed by atoms with Gasteiger partial charge in [0.2, 0.25) is 11.9 Å². The zero-order valence-corrected chi connectivity index (χ0v) is 15.5. The van der Waals surface area contributed by atoms with E-state index >= 15 is 0 Å². The number of amides is 1. The van der Waals surface area contributed by atoms with Gasteiger partial charge in [-0.05, 0) is 12.8 Å². The summed E-state index contributed by atoms with van der Waals surface area (Å²) >= 11 is 0. The molecule has 1 amide bonds. The molecule has 1 fully saturated rings. The van der Waals surface area contributed by atoms with Gasteiger partial charge in [0.25, 0.3) is 5.56 Å². The second-order valence-corrected chi connectivity index (χ2v) is 7.70. The highest BCUT2D eigenvalue weighted by Crippen LogP contribution is 2.38. The maximum atomic E-state index is 12.2. The van der Waals surface area contributed by atoms with Gasteiger partial charge in [-0.1, -0.05) is 13.8 Å². The smallest absolute Gasteiger partial charge is 0.352 e. The average molecular weight is 401 g/mol. The summed E-state index contributed by atoms with van der Waals surface area (Å²) < 4.78 is 22.5. The number of hydrogen-bond donors (Lipinski definition) is 4. The van der Waals surface area contributed by atoms with Crippen LogP contribution in [0.4, 0.5) is 5.95 Å². The number of hydrogen-bond acceptors (Lipinski definition) is 7. The fraction of sp³-hybridized carbons (Fsp3) is 0.571. The molecule has 2 aromatic rings. The Labute approximate surface area is 153 Å². The van der Waals surface area contributed by atoms with Crippen LogP contribution in [0, 0.1) is 5.92 Å². The summed E-state index contributed by atoms with van der Waals surface area (Å²) in [5.74, 6) is -0.577. The molecular formula is C14H20N5O7P. The Bertz CT molecular complexity index is 949. The Kier molecular flexibility index (Phi) is 5.45. The normalized spacial score (nSPS) is 20.5. The minimum atomic E-state index is -4.57. The predicted molar refractivity (Wildman–Crippen MR) is 92.8 cm³/mol. The SMILES string of the molecule is CC(C)C(=O)Nc1nc2c(ncn2C2CC[C@@H](COP(=O)(O)O)O2)c(=O)[nH]1. The summed E-state index contributed by atoms with van der Waals surface area (Å²) in [5.41, 5.74) is -0.174. The minimum absolute atomic E-state index is 0.00679. The molecular weight excluding hydrogens is 381 g/mol. The third-order valence-corrected chi connectivity index (χ3v) is 4.51. The first-order valence-electron chi connectivity index (χ1n) is 8.27. The number of anilines is 1. The van der Waals surface area contributed by atoms with Crippen molar-refractivity contribution in [2.75, 3.05) is 11.9 Å². The van der Waals surface area contributed by atoms with E-state index in [-0.39, 0.29) is 35.5 Å². The van der Waals surface area contributed by atoms with Gasteiger partial charge in [0.15, 0.2) is 11.2 Å². The standard InChI is InChI=1S/C14H20N5O7P/c1-7(2)12(20)17-14-16-11-10(13(21)18-14)15-6-19(11)9-4-3-8(26-9)5-25-27(22,23)24/h6-9H,3-5H2,1-2H3,(H2,22,23,24)(H2,16,17,18,20,21)/t8-,9?/m0/s1. The minimum Gasteiger partial charge on any atom is -0.352 e. The number of ether oxygens (including phenoxy) is 1. The topological polar surface area (TPSA) is 169 Å². The van der Waals surface area contributed by atoms with Gasteiger partial charge in [-0.25, -0.2) is 9.55 Å². The first-order valence-corrected chi connectivity index (χ1v) is 9.80. The first kappa shape index (κ1) is 19.6. The van der Waals surface area contributed by atoms with Crippen LogP contribution in [-0.2, 0) is 18.6 Å². The molecule has 1 aliphatic rings. The number of aromatic nitrogens is 4. The number of aromatic amines is 1. The Morgan fingerprint density at radius 3 is 2.93 bits per heavy atom. The summed E-state index contributed by atoms with van der Waals surface area (Å²) in [5, 5.41) is 2.53. The molecule has 0 aromatic carbocycles. The van der Waals surface area contributed by atoms with Crippen LogP contribution in [0.3, 0.4) is 0 Å². The maximum absolute atomic E-state index is 12.2. The second kappa shape index (κ2) is 7.49. The molecule has 1 unspecified atom stereocenters. The number of nitrogens with one attached hydrogen (secondary N) is 2. The number of imidazole rings is 1. The summed E-state index contributed by atoms with van der Waals surface area (Å²) in [6.07, 6.45) is 1.39. The zero-order valence-electron chi connectivity index (χ0n) is 14.7. The highest BCUT2D eigenvalue weighted by molar-refractivity contribution is 7.46. The molecule has 1 saturated heterocycles. The average Bonchev–Trinajstić information content (AvgIpc) is 3.18. The van der Waals surface area contributed by atoms with E-state index in [1.54, 1.807) is 18.4 Å². The van der Waals surface area contributed by atoms with Crippen molar-refractivity contribution < 1.29 is 28.4 Å². The summed E-state index contributed by atoms with van der Waals surface area (Å²) in [7, 11) is -4.57. The van der Waals surface area contributed by atoms with Gasteiger partial charge in [0.05, 0.1) is 19.0 Å². The van der Waals surface area contributed by atoms with Crippen LogP contribution in [0.25, 0.3) is 11.2 Å². The molecule has 2 atom stereocenters. The Morgan fingerprint density at radius 1 is 1.52 bits per heavy atom. The number of carbonyl (C=O) groups is 1. The molecule has 0 aliphatic carbocycles. The molecule has 4 N–H and O–H groups in total. The van der Waals surface area contributed by atoms with E-state index in [2.05, 4.69) is 24.8 Å². The molecule has 2 aromatic heterocycles. The van der Waals surface area contributed by atoms with Crippen molar-refractivity contribution in [1.82, 2.24) is 19.5 Å². The number of nitrogens with zero attached hydrogens (tertiary/aromatic N) is 3. The van der Waals surface area contributed by atoms with E-state index < -0.39 is 25.7 Å². The van der Waals surface area contributed by atoms with Gasteiger partial charge < -0.3 is 14.5 Å². The highest BCUT2D eigenvalue weighted by Gasteiger charge is 2.30. The molecule has 12 nitrogen and oxygen atoms in total. The van der Waals surface area contributed by atoms with Crippen LogP contribution in [0.2, 0.25) is 0 Å². The fourth-order valence-electron chi connectivity index (χ4n) is 2.65. The van der Waals surface area contributed by atoms with E-state index in [1.165, 1.54) is 6.33 Å². The lowest BCUT2D eigenvalue weighted by Crippen LogP contribution is -2.22. The predicted octanol–water partition coefficient (Wildman–Crippen LogP) is 0.501. The van der Waals surface area contributed by atoms with Gasteiger partial charge in [-0.3, -0.25) is 29.0 Å². The molecule has 1 aliphatic heterocycles. The summed E-state index contributed by atoms with van der Waals surface area (Å²) in [4.78, 5) is 52.3. The van der Waals surface area contributed by atoms with Gasteiger partial charge in [0.1, 0.15) is 6.23 Å². The van der Waals surface area contributed by atoms with Crippen molar-refractivity contribution in [2.45, 2.75) is 39.0 Å². The van der Waals surface area contributed by atoms with E-state index in [0.717, 1.165) is 0 Å². The van der Waals surface area contributed by atoms with Crippen LogP contribution in [0.5, 0.6) is 0 Å². The Balaban J connectivity index is 1.81. The van der Waals surface area contributed by atoms with E-state index in [9.17, 15) is 14.2 Å².